The molecule has 1 atom stereocenters. The average molecular weight is 367 g/mol. The molecule has 24 heavy (non-hydrogen) atoms. The summed E-state index contributed by atoms with van der Waals surface area (Å²) in [6, 6.07) is 3.99. The Hall–Kier alpha value is -1.77. The van der Waals surface area contributed by atoms with Crippen LogP contribution in [0.25, 0.3) is 10.6 Å². The number of amides is 2. The largest absolute Gasteiger partial charge is 0.351 e. The summed E-state index contributed by atoms with van der Waals surface area (Å²) in [5, 5.41) is 9.28. The van der Waals surface area contributed by atoms with Gasteiger partial charge in [-0.15, -0.1) is 22.7 Å². The first-order chi connectivity index (χ1) is 11.4. The molecule has 8 heteroatoms. The number of rotatable bonds is 7. The molecule has 0 spiro atoms. The number of thiophene rings is 1. The Morgan fingerprint density at radius 2 is 2.04 bits per heavy atom. The molecular formula is C16H22N4O2S2. The number of thiazole rings is 1. The first-order valence-electron chi connectivity index (χ1n) is 7.67. The Labute approximate surface area is 149 Å². The van der Waals surface area contributed by atoms with E-state index in [0.717, 1.165) is 20.3 Å². The summed E-state index contributed by atoms with van der Waals surface area (Å²) >= 11 is 3.07. The predicted molar refractivity (Wildman–Crippen MR) is 99.4 cm³/mol. The van der Waals surface area contributed by atoms with Crippen molar-refractivity contribution in [3.63, 3.8) is 0 Å². The van der Waals surface area contributed by atoms with Crippen LogP contribution in [0.1, 0.15) is 23.6 Å². The van der Waals surface area contributed by atoms with E-state index in [1.807, 2.05) is 33.0 Å². The molecule has 0 aliphatic carbocycles. The zero-order chi connectivity index (χ0) is 17.7. The van der Waals surface area contributed by atoms with E-state index in [4.69, 9.17) is 0 Å². The van der Waals surface area contributed by atoms with Crippen LogP contribution in [0.4, 0.5) is 5.13 Å². The van der Waals surface area contributed by atoms with Crippen LogP contribution < -0.4 is 16.0 Å². The van der Waals surface area contributed by atoms with Gasteiger partial charge in [-0.05, 0) is 26.1 Å². The Bertz CT molecular complexity index is 723. The molecule has 2 aromatic heterocycles. The lowest BCUT2D eigenvalue weighted by Crippen LogP contribution is -2.28. The Kier molecular flexibility index (Phi) is 6.47. The van der Waals surface area contributed by atoms with Crippen LogP contribution in [-0.2, 0) is 16.1 Å². The quantitative estimate of drug-likeness (QED) is 0.703. The number of nitrogens with one attached hydrogen (secondary N) is 3. The van der Waals surface area contributed by atoms with E-state index >= 15 is 0 Å². The summed E-state index contributed by atoms with van der Waals surface area (Å²) in [5.74, 6) is -0.202. The van der Waals surface area contributed by atoms with Gasteiger partial charge in [0.05, 0.1) is 17.1 Å². The van der Waals surface area contributed by atoms with Crippen molar-refractivity contribution in [1.82, 2.24) is 15.6 Å². The number of hydrogen-bond acceptors (Lipinski definition) is 6. The summed E-state index contributed by atoms with van der Waals surface area (Å²) in [6.45, 7) is 6.52. The molecule has 0 saturated carbocycles. The van der Waals surface area contributed by atoms with Crippen molar-refractivity contribution < 1.29 is 9.59 Å². The highest BCUT2D eigenvalue weighted by atomic mass is 32.1. The maximum atomic E-state index is 12.1. The third-order valence-electron chi connectivity index (χ3n) is 3.39. The first-order valence-corrected chi connectivity index (χ1v) is 9.30. The number of carbonyl (C=O) groups excluding carboxylic acids is 2. The zero-order valence-corrected chi connectivity index (χ0v) is 15.9. The minimum atomic E-state index is -0.117. The Balaban J connectivity index is 2.08. The van der Waals surface area contributed by atoms with Crippen molar-refractivity contribution >= 4 is 39.6 Å². The molecule has 0 aromatic carbocycles. The van der Waals surface area contributed by atoms with Gasteiger partial charge in [0.25, 0.3) is 0 Å². The topological polar surface area (TPSA) is 83.1 Å². The fraction of sp³-hybridized carbons (Fsp3) is 0.438. The van der Waals surface area contributed by atoms with Crippen molar-refractivity contribution in [2.45, 2.75) is 27.3 Å². The normalized spacial score (nSPS) is 12.0. The standard InChI is InChI=1S/C16H22N4O2S2/c1-9(7-17-4)15(22)20-16-19-14(10(2)23-16)13-6-5-12(24-13)8-18-11(3)21/h5-6,9,17H,7-8H2,1-4H3,(H,18,21)(H,19,20,22). The Morgan fingerprint density at radius 3 is 2.71 bits per heavy atom. The lowest BCUT2D eigenvalue weighted by molar-refractivity contribution is -0.120. The summed E-state index contributed by atoms with van der Waals surface area (Å²) < 4.78 is 0. The smallest absolute Gasteiger partial charge is 0.230 e. The molecule has 6 nitrogen and oxygen atoms in total. The van der Waals surface area contributed by atoms with Crippen molar-refractivity contribution in [2.24, 2.45) is 5.92 Å². The second-order valence-corrected chi connectivity index (χ2v) is 7.92. The molecule has 0 aliphatic heterocycles. The number of carbonyl (C=O) groups is 2. The second-order valence-electron chi connectivity index (χ2n) is 5.55. The summed E-state index contributed by atoms with van der Waals surface area (Å²) in [6.07, 6.45) is 0. The van der Waals surface area contributed by atoms with Crippen molar-refractivity contribution in [2.75, 3.05) is 18.9 Å². The van der Waals surface area contributed by atoms with Crippen LogP contribution in [0, 0.1) is 12.8 Å². The van der Waals surface area contributed by atoms with Crippen LogP contribution >= 0.6 is 22.7 Å². The van der Waals surface area contributed by atoms with E-state index in [1.54, 1.807) is 11.3 Å². The number of aromatic nitrogens is 1. The number of anilines is 1. The van der Waals surface area contributed by atoms with Crippen LogP contribution in [0.15, 0.2) is 12.1 Å². The molecule has 1 unspecified atom stereocenters. The van der Waals surface area contributed by atoms with E-state index in [2.05, 4.69) is 20.9 Å². The van der Waals surface area contributed by atoms with Crippen molar-refractivity contribution in [1.29, 1.82) is 0 Å². The van der Waals surface area contributed by atoms with Gasteiger partial charge in [-0.1, -0.05) is 6.92 Å². The molecule has 0 fully saturated rings. The lowest BCUT2D eigenvalue weighted by Gasteiger charge is -2.09. The van der Waals surface area contributed by atoms with E-state index in [0.29, 0.717) is 18.2 Å². The second kappa shape index (κ2) is 8.36. The first kappa shape index (κ1) is 18.6. The SMILES string of the molecule is CNCC(C)C(=O)Nc1nc(-c2ccc(CNC(C)=O)s2)c(C)s1. The van der Waals surface area contributed by atoms with Gasteiger partial charge in [-0.3, -0.25) is 9.59 Å². The highest BCUT2D eigenvalue weighted by Gasteiger charge is 2.17. The van der Waals surface area contributed by atoms with Crippen LogP contribution in [0.2, 0.25) is 0 Å². The number of hydrogen-bond donors (Lipinski definition) is 3. The predicted octanol–water partition coefficient (Wildman–Crippen LogP) is 2.61. The minimum Gasteiger partial charge on any atom is -0.351 e. The maximum Gasteiger partial charge on any atom is 0.230 e. The van der Waals surface area contributed by atoms with Gasteiger partial charge in [0.1, 0.15) is 0 Å². The summed E-state index contributed by atoms with van der Waals surface area (Å²) in [4.78, 5) is 30.8. The molecule has 130 valence electrons. The van der Waals surface area contributed by atoms with Crippen molar-refractivity contribution in [3.8, 4) is 10.6 Å². The summed E-state index contributed by atoms with van der Waals surface area (Å²) in [7, 11) is 1.82. The zero-order valence-electron chi connectivity index (χ0n) is 14.2. The molecule has 2 rings (SSSR count). The molecule has 3 N–H and O–H groups in total. The van der Waals surface area contributed by atoms with Gasteiger partial charge in [0.15, 0.2) is 5.13 Å². The van der Waals surface area contributed by atoms with Gasteiger partial charge in [0.2, 0.25) is 11.8 Å². The molecule has 2 heterocycles. The molecule has 2 amide bonds. The molecule has 0 aliphatic rings. The van der Waals surface area contributed by atoms with Crippen LogP contribution in [0.3, 0.4) is 0 Å². The molecule has 0 bridgehead atoms. The Morgan fingerprint density at radius 1 is 1.29 bits per heavy atom. The number of aryl methyl sites for hydroxylation is 1. The van der Waals surface area contributed by atoms with Gasteiger partial charge < -0.3 is 16.0 Å². The highest BCUT2D eigenvalue weighted by molar-refractivity contribution is 7.18. The third kappa shape index (κ3) is 4.86. The van der Waals surface area contributed by atoms with Gasteiger partial charge in [0, 0.05) is 29.1 Å². The van der Waals surface area contributed by atoms with E-state index in [9.17, 15) is 9.59 Å². The van der Waals surface area contributed by atoms with E-state index < -0.39 is 0 Å². The van der Waals surface area contributed by atoms with Crippen LogP contribution in [-0.4, -0.2) is 30.4 Å². The highest BCUT2D eigenvalue weighted by Crippen LogP contribution is 2.34. The van der Waals surface area contributed by atoms with Gasteiger partial charge >= 0.3 is 0 Å². The molecule has 2 aromatic rings. The average Bonchev–Trinajstić information content (AvgIpc) is 3.11. The molecule has 0 radical (unpaired) electrons. The van der Waals surface area contributed by atoms with E-state index in [1.165, 1.54) is 18.3 Å². The van der Waals surface area contributed by atoms with Crippen LogP contribution in [0.5, 0.6) is 0 Å². The molecular weight excluding hydrogens is 344 g/mol. The van der Waals surface area contributed by atoms with Gasteiger partial charge in [-0.25, -0.2) is 4.98 Å². The molecule has 0 saturated heterocycles. The third-order valence-corrected chi connectivity index (χ3v) is 5.37. The summed E-state index contributed by atoms with van der Waals surface area (Å²) in [5.41, 5.74) is 0.885. The maximum absolute atomic E-state index is 12.1. The fourth-order valence-corrected chi connectivity index (χ4v) is 4.01. The lowest BCUT2D eigenvalue weighted by atomic mass is 10.2. The van der Waals surface area contributed by atoms with Crippen molar-refractivity contribution in [3.05, 3.63) is 21.9 Å². The fourth-order valence-electron chi connectivity index (χ4n) is 2.12. The minimum absolute atomic E-state index is 0.0397. The van der Waals surface area contributed by atoms with E-state index in [-0.39, 0.29) is 17.7 Å². The van der Waals surface area contributed by atoms with Gasteiger partial charge in [-0.2, -0.15) is 0 Å². The number of nitrogens with zero attached hydrogens (tertiary/aromatic N) is 1. The monoisotopic (exact) mass is 366 g/mol.